The van der Waals surface area contributed by atoms with Crippen LogP contribution in [-0.4, -0.2) is 23.6 Å². The molecule has 1 aromatic heterocycles. The van der Waals surface area contributed by atoms with E-state index >= 15 is 0 Å². The maximum atomic E-state index is 4.44. The van der Waals surface area contributed by atoms with Crippen LogP contribution in [-0.2, 0) is 13.6 Å². The summed E-state index contributed by atoms with van der Waals surface area (Å²) in [6, 6.07) is 6.95. The molecular formula is C17H26N4. The van der Waals surface area contributed by atoms with Gasteiger partial charge in [0.2, 0.25) is 5.95 Å². The number of imidazole rings is 1. The van der Waals surface area contributed by atoms with Gasteiger partial charge in [-0.25, -0.2) is 4.98 Å². The van der Waals surface area contributed by atoms with Crippen LogP contribution < -0.4 is 10.2 Å². The number of rotatable bonds is 5. The highest BCUT2D eigenvalue weighted by Gasteiger charge is 2.11. The molecule has 0 saturated carbocycles. The Morgan fingerprint density at radius 2 is 2.00 bits per heavy atom. The molecule has 0 bridgehead atoms. The van der Waals surface area contributed by atoms with E-state index in [2.05, 4.69) is 60.9 Å². The second-order valence-electron chi connectivity index (χ2n) is 5.97. The minimum Gasteiger partial charge on any atom is -0.348 e. The Bertz CT molecular complexity index is 613. The van der Waals surface area contributed by atoms with Crippen molar-refractivity contribution in [1.82, 2.24) is 14.9 Å². The van der Waals surface area contributed by atoms with Crippen molar-refractivity contribution in [3.05, 3.63) is 46.8 Å². The number of aromatic nitrogens is 2. The largest absolute Gasteiger partial charge is 0.348 e. The maximum absolute atomic E-state index is 4.44. The molecule has 1 atom stereocenters. The standard InChI is InChI=1S/C17H26N4/c1-12-7-8-16(13(2)9-12)14(3)18-10-15-11-19-17(20(4)5)21(15)6/h7-9,11,14,18H,10H2,1-6H3. The second-order valence-corrected chi connectivity index (χ2v) is 5.97. The zero-order valence-corrected chi connectivity index (χ0v) is 13.9. The predicted octanol–water partition coefficient (Wildman–Crippen LogP) is 2.95. The number of benzene rings is 1. The van der Waals surface area contributed by atoms with Crippen LogP contribution in [0.2, 0.25) is 0 Å². The Labute approximate surface area is 127 Å². The summed E-state index contributed by atoms with van der Waals surface area (Å²) in [5, 5.41) is 3.59. The van der Waals surface area contributed by atoms with E-state index in [1.165, 1.54) is 22.4 Å². The van der Waals surface area contributed by atoms with Gasteiger partial charge in [0.15, 0.2) is 0 Å². The van der Waals surface area contributed by atoms with Gasteiger partial charge in [0, 0.05) is 33.7 Å². The lowest BCUT2D eigenvalue weighted by Crippen LogP contribution is -2.21. The monoisotopic (exact) mass is 286 g/mol. The van der Waals surface area contributed by atoms with Crippen LogP contribution in [0.4, 0.5) is 5.95 Å². The number of aryl methyl sites for hydroxylation is 2. The topological polar surface area (TPSA) is 33.1 Å². The normalized spacial score (nSPS) is 12.5. The van der Waals surface area contributed by atoms with Crippen LogP contribution in [0, 0.1) is 13.8 Å². The molecule has 0 fully saturated rings. The summed E-state index contributed by atoms with van der Waals surface area (Å²) in [6.45, 7) is 7.33. The van der Waals surface area contributed by atoms with E-state index in [1.807, 2.05) is 25.2 Å². The van der Waals surface area contributed by atoms with E-state index in [0.29, 0.717) is 6.04 Å². The van der Waals surface area contributed by atoms with Crippen molar-refractivity contribution in [2.45, 2.75) is 33.4 Å². The fourth-order valence-corrected chi connectivity index (χ4v) is 2.69. The Balaban J connectivity index is 2.06. The minimum atomic E-state index is 0.323. The molecule has 0 aliphatic carbocycles. The first kappa shape index (κ1) is 15.6. The van der Waals surface area contributed by atoms with Crippen LogP contribution in [0.3, 0.4) is 0 Å². The lowest BCUT2D eigenvalue weighted by atomic mass is 10.0. The number of nitrogens with one attached hydrogen (secondary N) is 1. The molecule has 1 unspecified atom stereocenters. The Morgan fingerprint density at radius 3 is 2.57 bits per heavy atom. The lowest BCUT2D eigenvalue weighted by Gasteiger charge is -2.18. The second kappa shape index (κ2) is 6.31. The molecule has 1 aromatic carbocycles. The maximum Gasteiger partial charge on any atom is 0.204 e. The molecule has 0 radical (unpaired) electrons. The molecule has 0 amide bonds. The van der Waals surface area contributed by atoms with E-state index in [9.17, 15) is 0 Å². The van der Waals surface area contributed by atoms with E-state index in [4.69, 9.17) is 0 Å². The molecule has 0 aliphatic heterocycles. The fourth-order valence-electron chi connectivity index (χ4n) is 2.69. The van der Waals surface area contributed by atoms with Crippen LogP contribution >= 0.6 is 0 Å². The third kappa shape index (κ3) is 3.45. The fraction of sp³-hybridized carbons (Fsp3) is 0.471. The molecule has 2 aromatic rings. The molecule has 0 spiro atoms. The number of hydrogen-bond acceptors (Lipinski definition) is 3. The quantitative estimate of drug-likeness (QED) is 0.917. The van der Waals surface area contributed by atoms with Gasteiger partial charge in [-0.2, -0.15) is 0 Å². The molecule has 4 heteroatoms. The van der Waals surface area contributed by atoms with E-state index in [0.717, 1.165) is 12.5 Å². The third-order valence-corrected chi connectivity index (χ3v) is 3.94. The summed E-state index contributed by atoms with van der Waals surface area (Å²) < 4.78 is 2.13. The Hall–Kier alpha value is -1.81. The molecule has 4 nitrogen and oxygen atoms in total. The number of hydrogen-bond donors (Lipinski definition) is 1. The predicted molar refractivity (Wildman–Crippen MR) is 88.7 cm³/mol. The van der Waals surface area contributed by atoms with E-state index in [-0.39, 0.29) is 0 Å². The molecule has 0 aliphatic rings. The van der Waals surface area contributed by atoms with Crippen LogP contribution in [0.5, 0.6) is 0 Å². The highest BCUT2D eigenvalue weighted by molar-refractivity contribution is 5.33. The third-order valence-electron chi connectivity index (χ3n) is 3.94. The Kier molecular flexibility index (Phi) is 4.68. The van der Waals surface area contributed by atoms with Gasteiger partial charge in [0.05, 0.1) is 11.9 Å². The SMILES string of the molecule is Cc1ccc(C(C)NCc2cnc(N(C)C)n2C)c(C)c1. The van der Waals surface area contributed by atoms with Gasteiger partial charge in [-0.1, -0.05) is 23.8 Å². The highest BCUT2D eigenvalue weighted by atomic mass is 15.3. The van der Waals surface area contributed by atoms with E-state index < -0.39 is 0 Å². The lowest BCUT2D eigenvalue weighted by molar-refractivity contribution is 0.555. The summed E-state index contributed by atoms with van der Waals surface area (Å²) in [4.78, 5) is 6.47. The molecule has 21 heavy (non-hydrogen) atoms. The first-order valence-electron chi connectivity index (χ1n) is 7.38. The smallest absolute Gasteiger partial charge is 0.204 e. The highest BCUT2D eigenvalue weighted by Crippen LogP contribution is 2.19. The molecule has 2 rings (SSSR count). The number of anilines is 1. The van der Waals surface area contributed by atoms with Crippen molar-refractivity contribution in [2.75, 3.05) is 19.0 Å². The molecule has 0 saturated heterocycles. The van der Waals surface area contributed by atoms with Gasteiger partial charge in [0.25, 0.3) is 0 Å². The van der Waals surface area contributed by atoms with Gasteiger partial charge in [-0.05, 0) is 31.9 Å². The first-order chi connectivity index (χ1) is 9.90. The van der Waals surface area contributed by atoms with Crippen molar-refractivity contribution in [1.29, 1.82) is 0 Å². The van der Waals surface area contributed by atoms with Crippen LogP contribution in [0.1, 0.15) is 35.3 Å². The van der Waals surface area contributed by atoms with E-state index in [1.54, 1.807) is 0 Å². The van der Waals surface area contributed by atoms with Crippen molar-refractivity contribution < 1.29 is 0 Å². The average Bonchev–Trinajstić information content (AvgIpc) is 2.77. The van der Waals surface area contributed by atoms with Crippen LogP contribution in [0.25, 0.3) is 0 Å². The summed E-state index contributed by atoms with van der Waals surface area (Å²) in [5.41, 5.74) is 5.20. The average molecular weight is 286 g/mol. The van der Waals surface area contributed by atoms with Crippen LogP contribution in [0.15, 0.2) is 24.4 Å². The number of nitrogens with zero attached hydrogens (tertiary/aromatic N) is 3. The molecule has 1 heterocycles. The van der Waals surface area contributed by atoms with Crippen molar-refractivity contribution in [3.63, 3.8) is 0 Å². The first-order valence-corrected chi connectivity index (χ1v) is 7.38. The zero-order valence-electron chi connectivity index (χ0n) is 13.9. The van der Waals surface area contributed by atoms with Gasteiger partial charge < -0.3 is 14.8 Å². The van der Waals surface area contributed by atoms with Crippen molar-refractivity contribution >= 4 is 5.95 Å². The zero-order chi connectivity index (χ0) is 15.6. The van der Waals surface area contributed by atoms with Crippen molar-refractivity contribution in [3.8, 4) is 0 Å². The molecule has 1 N–H and O–H groups in total. The van der Waals surface area contributed by atoms with Gasteiger partial charge in [0.1, 0.15) is 0 Å². The summed E-state index contributed by atoms with van der Waals surface area (Å²) in [5.74, 6) is 0.978. The van der Waals surface area contributed by atoms with Gasteiger partial charge in [-0.15, -0.1) is 0 Å². The van der Waals surface area contributed by atoms with Crippen molar-refractivity contribution in [2.24, 2.45) is 7.05 Å². The summed E-state index contributed by atoms with van der Waals surface area (Å²) in [7, 11) is 6.08. The van der Waals surface area contributed by atoms with Gasteiger partial charge >= 0.3 is 0 Å². The molecular weight excluding hydrogens is 260 g/mol. The minimum absolute atomic E-state index is 0.323. The summed E-state index contributed by atoms with van der Waals surface area (Å²) in [6.07, 6.45) is 1.94. The summed E-state index contributed by atoms with van der Waals surface area (Å²) >= 11 is 0. The van der Waals surface area contributed by atoms with Gasteiger partial charge in [-0.3, -0.25) is 0 Å². The Morgan fingerprint density at radius 1 is 1.29 bits per heavy atom. The molecule has 114 valence electrons.